The number of ether oxygens (including phenoxy) is 2. The molecule has 0 spiro atoms. The second-order valence-corrected chi connectivity index (χ2v) is 6.77. The lowest BCUT2D eigenvalue weighted by Crippen LogP contribution is -2.44. The summed E-state index contributed by atoms with van der Waals surface area (Å²) in [6, 6.07) is 7.15. The molecule has 0 aromatic heterocycles. The van der Waals surface area contributed by atoms with Crippen molar-refractivity contribution >= 4 is 23.5 Å². The van der Waals surface area contributed by atoms with E-state index in [0.717, 1.165) is 25.7 Å². The summed E-state index contributed by atoms with van der Waals surface area (Å²) < 4.78 is 10.7. The third-order valence-electron chi connectivity index (χ3n) is 4.69. The second kappa shape index (κ2) is 8.21. The monoisotopic (exact) mass is 360 g/mol. The highest BCUT2D eigenvalue weighted by molar-refractivity contribution is 5.99. The number of carbonyl (C=O) groups is 3. The summed E-state index contributed by atoms with van der Waals surface area (Å²) in [7, 11) is 0. The maximum atomic E-state index is 12.2. The van der Waals surface area contributed by atoms with E-state index in [1.54, 1.807) is 24.3 Å². The molecule has 3 rings (SSSR count). The Morgan fingerprint density at radius 1 is 1.27 bits per heavy atom. The highest BCUT2D eigenvalue weighted by Gasteiger charge is 2.31. The Labute approximate surface area is 152 Å². The minimum atomic E-state index is -0.967. The Bertz CT molecular complexity index is 684. The summed E-state index contributed by atoms with van der Waals surface area (Å²) in [5.74, 6) is -0.839. The molecule has 26 heavy (non-hydrogen) atoms. The average molecular weight is 360 g/mol. The summed E-state index contributed by atoms with van der Waals surface area (Å²) in [6.07, 6.45) is 3.21. The van der Waals surface area contributed by atoms with Crippen LogP contribution < -0.4 is 15.4 Å². The quantitative estimate of drug-likeness (QED) is 0.785. The van der Waals surface area contributed by atoms with Gasteiger partial charge < -0.3 is 20.1 Å². The van der Waals surface area contributed by atoms with Crippen molar-refractivity contribution in [2.45, 2.75) is 63.7 Å². The molecule has 1 aromatic rings. The number of benzene rings is 1. The van der Waals surface area contributed by atoms with Gasteiger partial charge in [0, 0.05) is 6.04 Å². The first-order chi connectivity index (χ1) is 12.5. The summed E-state index contributed by atoms with van der Waals surface area (Å²) in [5.41, 5.74) is 0.572. The van der Waals surface area contributed by atoms with Gasteiger partial charge >= 0.3 is 5.97 Å². The fourth-order valence-corrected chi connectivity index (χ4v) is 3.24. The lowest BCUT2D eigenvalue weighted by Gasteiger charge is -2.26. The highest BCUT2D eigenvalue weighted by Crippen LogP contribution is 2.29. The fraction of sp³-hybridized carbons (Fsp3) is 0.526. The molecule has 2 N–H and O–H groups in total. The van der Waals surface area contributed by atoms with Crippen LogP contribution in [0.15, 0.2) is 24.3 Å². The van der Waals surface area contributed by atoms with Crippen molar-refractivity contribution in [3.8, 4) is 5.75 Å². The summed E-state index contributed by atoms with van der Waals surface area (Å²) in [4.78, 5) is 36.3. The molecule has 1 aliphatic carbocycles. The summed E-state index contributed by atoms with van der Waals surface area (Å²) in [5, 5.41) is 5.62. The molecule has 1 aliphatic heterocycles. The number of fused-ring (bicyclic) bond motifs is 1. The van der Waals surface area contributed by atoms with Crippen molar-refractivity contribution in [3.05, 3.63) is 24.3 Å². The van der Waals surface area contributed by atoms with Crippen LogP contribution >= 0.6 is 0 Å². The zero-order chi connectivity index (χ0) is 18.5. The van der Waals surface area contributed by atoms with Crippen LogP contribution in [0.3, 0.4) is 0 Å². The molecule has 1 fully saturated rings. The van der Waals surface area contributed by atoms with E-state index in [1.165, 1.54) is 13.3 Å². The maximum Gasteiger partial charge on any atom is 0.310 e. The van der Waals surface area contributed by atoms with Gasteiger partial charge in [-0.3, -0.25) is 14.4 Å². The number of hydrogen-bond acceptors (Lipinski definition) is 5. The number of rotatable bonds is 5. The molecule has 2 atom stereocenters. The maximum absolute atomic E-state index is 12.2. The zero-order valence-corrected chi connectivity index (χ0v) is 14.8. The molecule has 140 valence electrons. The van der Waals surface area contributed by atoms with Gasteiger partial charge in [-0.15, -0.1) is 0 Å². The van der Waals surface area contributed by atoms with Crippen molar-refractivity contribution < 1.29 is 23.9 Å². The summed E-state index contributed by atoms with van der Waals surface area (Å²) >= 11 is 0. The molecule has 0 unspecified atom stereocenters. The molecule has 2 aliphatic rings. The van der Waals surface area contributed by atoms with E-state index in [0.29, 0.717) is 11.4 Å². The average Bonchev–Trinajstić information content (AvgIpc) is 2.63. The van der Waals surface area contributed by atoms with Gasteiger partial charge in [-0.25, -0.2) is 0 Å². The molecule has 7 nitrogen and oxygen atoms in total. The first-order valence-electron chi connectivity index (χ1n) is 9.09. The molecule has 0 saturated heterocycles. The van der Waals surface area contributed by atoms with Crippen LogP contribution in [0.2, 0.25) is 0 Å². The molecule has 7 heteroatoms. The fourth-order valence-electron chi connectivity index (χ4n) is 3.24. The first-order valence-corrected chi connectivity index (χ1v) is 9.09. The van der Waals surface area contributed by atoms with Gasteiger partial charge in [0.25, 0.3) is 11.8 Å². The highest BCUT2D eigenvalue weighted by atomic mass is 16.6. The van der Waals surface area contributed by atoms with Crippen molar-refractivity contribution in [2.75, 3.05) is 5.32 Å². The standard InChI is InChI=1S/C19H24N2O5/c1-12(18(23)20-13-7-3-2-4-8-13)25-17(22)11-16-19(24)21-14-9-5-6-10-15(14)26-16/h5-6,9-10,12-13,16H,2-4,7-8,11H2,1H3,(H,20,23)(H,21,24)/t12-,16+/m0/s1. The Morgan fingerprint density at radius 3 is 2.77 bits per heavy atom. The van der Waals surface area contributed by atoms with Gasteiger partial charge in [0.2, 0.25) is 0 Å². The Kier molecular flexibility index (Phi) is 5.75. The van der Waals surface area contributed by atoms with Crippen LogP contribution in [0.4, 0.5) is 5.69 Å². The largest absolute Gasteiger partial charge is 0.478 e. The van der Waals surface area contributed by atoms with Crippen molar-refractivity contribution in [1.29, 1.82) is 0 Å². The Morgan fingerprint density at radius 2 is 2.00 bits per heavy atom. The van der Waals surface area contributed by atoms with Crippen LogP contribution in [-0.4, -0.2) is 36.0 Å². The molecule has 0 radical (unpaired) electrons. The Hall–Kier alpha value is -2.57. The van der Waals surface area contributed by atoms with E-state index in [2.05, 4.69) is 10.6 Å². The number of nitrogens with one attached hydrogen (secondary N) is 2. The molecule has 1 aromatic carbocycles. The van der Waals surface area contributed by atoms with Gasteiger partial charge in [-0.1, -0.05) is 31.4 Å². The van der Waals surface area contributed by atoms with Crippen LogP contribution in [0.1, 0.15) is 45.4 Å². The number of carbonyl (C=O) groups excluding carboxylic acids is 3. The molecule has 0 bridgehead atoms. The predicted octanol–water partition coefficient (Wildman–Crippen LogP) is 2.16. The first kappa shape index (κ1) is 18.2. The number of anilines is 1. The zero-order valence-electron chi connectivity index (χ0n) is 14.8. The van der Waals surface area contributed by atoms with Gasteiger partial charge in [0.05, 0.1) is 12.1 Å². The van der Waals surface area contributed by atoms with E-state index in [1.807, 2.05) is 0 Å². The van der Waals surface area contributed by atoms with E-state index >= 15 is 0 Å². The number of para-hydroxylation sites is 2. The topological polar surface area (TPSA) is 93.7 Å². The molecule has 1 saturated carbocycles. The summed E-state index contributed by atoms with van der Waals surface area (Å²) in [6.45, 7) is 1.53. The molecule has 2 amide bonds. The van der Waals surface area contributed by atoms with Gasteiger partial charge in [-0.05, 0) is 31.9 Å². The smallest absolute Gasteiger partial charge is 0.310 e. The third kappa shape index (κ3) is 4.53. The van der Waals surface area contributed by atoms with E-state index < -0.39 is 24.1 Å². The SMILES string of the molecule is C[C@H](OC(=O)C[C@H]1Oc2ccccc2NC1=O)C(=O)NC1CCCCC1. The number of hydrogen-bond donors (Lipinski definition) is 2. The number of amides is 2. The van der Waals surface area contributed by atoms with Crippen molar-refractivity contribution in [3.63, 3.8) is 0 Å². The van der Waals surface area contributed by atoms with Crippen LogP contribution in [-0.2, 0) is 19.1 Å². The number of esters is 1. The lowest BCUT2D eigenvalue weighted by molar-refractivity contribution is -0.157. The molecular formula is C19H24N2O5. The van der Waals surface area contributed by atoms with Crippen LogP contribution in [0, 0.1) is 0 Å². The van der Waals surface area contributed by atoms with Crippen molar-refractivity contribution in [2.24, 2.45) is 0 Å². The molecular weight excluding hydrogens is 336 g/mol. The lowest BCUT2D eigenvalue weighted by atomic mass is 9.95. The van der Waals surface area contributed by atoms with Crippen LogP contribution in [0.5, 0.6) is 5.75 Å². The second-order valence-electron chi connectivity index (χ2n) is 6.77. The third-order valence-corrected chi connectivity index (χ3v) is 4.69. The molecule has 1 heterocycles. The van der Waals surface area contributed by atoms with E-state index in [9.17, 15) is 14.4 Å². The predicted molar refractivity (Wildman–Crippen MR) is 94.7 cm³/mol. The van der Waals surface area contributed by atoms with Crippen LogP contribution in [0.25, 0.3) is 0 Å². The van der Waals surface area contributed by atoms with Crippen molar-refractivity contribution in [1.82, 2.24) is 5.32 Å². The Balaban J connectivity index is 1.48. The van der Waals surface area contributed by atoms with Gasteiger partial charge in [0.1, 0.15) is 5.75 Å². The van der Waals surface area contributed by atoms with E-state index in [-0.39, 0.29) is 18.4 Å². The minimum absolute atomic E-state index is 0.154. The van der Waals surface area contributed by atoms with Gasteiger partial charge in [0.15, 0.2) is 12.2 Å². The minimum Gasteiger partial charge on any atom is -0.478 e. The van der Waals surface area contributed by atoms with E-state index in [4.69, 9.17) is 9.47 Å². The van der Waals surface area contributed by atoms with Gasteiger partial charge in [-0.2, -0.15) is 0 Å². The normalized spacial score (nSPS) is 21.0.